The van der Waals surface area contributed by atoms with E-state index in [1.165, 1.54) is 76.2 Å². The van der Waals surface area contributed by atoms with Gasteiger partial charge in [-0.25, -0.2) is 0 Å². The molecule has 4 rings (SSSR count). The fraction of sp³-hybridized carbons (Fsp3) is 0.857. The molecule has 4 aliphatic carbocycles. The largest absolute Gasteiger partial charge is 0.0844 e. The molecule has 0 spiro atoms. The molecule has 158 valence electrons. The Labute approximate surface area is 175 Å². The summed E-state index contributed by atoms with van der Waals surface area (Å²) in [5, 5.41) is 0. The molecule has 0 radical (unpaired) electrons. The normalized spacial score (nSPS) is 43.4. The molecule has 0 nitrogen and oxygen atoms in total. The van der Waals surface area contributed by atoms with Crippen molar-refractivity contribution in [2.24, 2.45) is 40.4 Å². The third kappa shape index (κ3) is 3.26. The minimum absolute atomic E-state index is 0.582. The fourth-order valence-electron chi connectivity index (χ4n) is 8.42. The highest BCUT2D eigenvalue weighted by molar-refractivity contribution is 5.27. The zero-order valence-electron chi connectivity index (χ0n) is 19.7. The zero-order valence-corrected chi connectivity index (χ0v) is 19.7. The first-order valence-corrected chi connectivity index (χ1v) is 12.6. The van der Waals surface area contributed by atoms with Gasteiger partial charge in [0.2, 0.25) is 0 Å². The molecule has 0 aliphatic heterocycles. The van der Waals surface area contributed by atoms with Gasteiger partial charge in [0.15, 0.2) is 0 Å². The van der Waals surface area contributed by atoms with Gasteiger partial charge in [0.1, 0.15) is 0 Å². The van der Waals surface area contributed by atoms with E-state index in [0.717, 1.165) is 29.6 Å². The lowest BCUT2D eigenvalue weighted by atomic mass is 9.48. The average Bonchev–Trinajstić information content (AvgIpc) is 3.02. The van der Waals surface area contributed by atoms with Crippen LogP contribution in [-0.4, -0.2) is 0 Å². The molecule has 0 N–H and O–H groups in total. The van der Waals surface area contributed by atoms with Crippen LogP contribution in [0.2, 0.25) is 0 Å². The number of fused-ring (bicyclic) bond motifs is 5. The second kappa shape index (κ2) is 7.63. The van der Waals surface area contributed by atoms with Crippen molar-refractivity contribution in [3.8, 4) is 0 Å². The molecule has 3 saturated carbocycles. The first kappa shape index (κ1) is 20.7. The molecule has 0 aromatic rings. The third-order valence-electron chi connectivity index (χ3n) is 10.6. The van der Waals surface area contributed by atoms with E-state index in [9.17, 15) is 0 Å². The zero-order chi connectivity index (χ0) is 20.1. The number of rotatable bonds is 4. The number of hydrogen-bond acceptors (Lipinski definition) is 0. The molecule has 0 amide bonds. The van der Waals surface area contributed by atoms with E-state index in [0.29, 0.717) is 10.8 Å². The lowest BCUT2D eigenvalue weighted by Gasteiger charge is -2.57. The van der Waals surface area contributed by atoms with Gasteiger partial charge >= 0.3 is 0 Å². The van der Waals surface area contributed by atoms with E-state index in [1.807, 2.05) is 5.57 Å². The van der Waals surface area contributed by atoms with Crippen molar-refractivity contribution in [3.63, 3.8) is 0 Å². The van der Waals surface area contributed by atoms with Gasteiger partial charge in [-0.05, 0) is 119 Å². The molecule has 0 aromatic carbocycles. The quantitative estimate of drug-likeness (QED) is 0.426. The molecule has 1 unspecified atom stereocenters. The predicted molar refractivity (Wildman–Crippen MR) is 122 cm³/mol. The van der Waals surface area contributed by atoms with Crippen LogP contribution in [0, 0.1) is 40.4 Å². The van der Waals surface area contributed by atoms with Crippen molar-refractivity contribution in [1.29, 1.82) is 0 Å². The standard InChI is InChI=1S/C28H46/c1-19(2)20(3)10-11-21(4)24-14-15-25-23-13-12-22-9-7-8-17-27(22,5)26(23)16-18-28(24,25)6/h13,21-22,24-26H,7-12,14-18H2,1-6H3/t21-,22?,24-,25+,26+,27+,28-/m1/s1. The maximum Gasteiger partial charge on any atom is -0.0143 e. The van der Waals surface area contributed by atoms with Gasteiger partial charge in [0.05, 0.1) is 0 Å². The minimum atomic E-state index is 0.582. The third-order valence-corrected chi connectivity index (χ3v) is 10.6. The van der Waals surface area contributed by atoms with E-state index in [4.69, 9.17) is 0 Å². The Morgan fingerprint density at radius 3 is 2.46 bits per heavy atom. The molecule has 0 bridgehead atoms. The Bertz CT molecular complexity index is 647. The first-order valence-electron chi connectivity index (χ1n) is 12.6. The Morgan fingerprint density at radius 2 is 1.71 bits per heavy atom. The van der Waals surface area contributed by atoms with Crippen LogP contribution in [0.4, 0.5) is 0 Å². The Kier molecular flexibility index (Phi) is 5.65. The lowest BCUT2D eigenvalue weighted by Crippen LogP contribution is -2.48. The summed E-state index contributed by atoms with van der Waals surface area (Å²) in [5.74, 6) is 4.64. The fourth-order valence-corrected chi connectivity index (χ4v) is 8.42. The predicted octanol–water partition coefficient (Wildman–Crippen LogP) is 8.73. The minimum Gasteiger partial charge on any atom is -0.0844 e. The van der Waals surface area contributed by atoms with Gasteiger partial charge < -0.3 is 0 Å². The van der Waals surface area contributed by atoms with Crippen LogP contribution in [0.15, 0.2) is 22.8 Å². The van der Waals surface area contributed by atoms with Crippen LogP contribution in [-0.2, 0) is 0 Å². The van der Waals surface area contributed by atoms with Gasteiger partial charge in [-0.3, -0.25) is 0 Å². The molecular formula is C28H46. The van der Waals surface area contributed by atoms with E-state index in [2.05, 4.69) is 47.6 Å². The van der Waals surface area contributed by atoms with E-state index >= 15 is 0 Å². The van der Waals surface area contributed by atoms with Gasteiger partial charge in [0.25, 0.3) is 0 Å². The molecule has 28 heavy (non-hydrogen) atoms. The van der Waals surface area contributed by atoms with Crippen molar-refractivity contribution in [2.45, 2.75) is 112 Å². The van der Waals surface area contributed by atoms with Crippen LogP contribution in [0.1, 0.15) is 112 Å². The summed E-state index contributed by atoms with van der Waals surface area (Å²) in [7, 11) is 0. The van der Waals surface area contributed by atoms with Crippen LogP contribution in [0.3, 0.4) is 0 Å². The van der Waals surface area contributed by atoms with Crippen LogP contribution < -0.4 is 0 Å². The second-order valence-corrected chi connectivity index (χ2v) is 12.0. The van der Waals surface area contributed by atoms with Gasteiger partial charge in [-0.15, -0.1) is 0 Å². The van der Waals surface area contributed by atoms with Crippen molar-refractivity contribution >= 4 is 0 Å². The molecule has 4 aliphatic rings. The summed E-state index contributed by atoms with van der Waals surface area (Å²) < 4.78 is 0. The maximum atomic E-state index is 2.78. The summed E-state index contributed by atoms with van der Waals surface area (Å²) in [4.78, 5) is 0. The molecule has 3 fully saturated rings. The van der Waals surface area contributed by atoms with E-state index in [-0.39, 0.29) is 0 Å². The average molecular weight is 383 g/mol. The van der Waals surface area contributed by atoms with E-state index < -0.39 is 0 Å². The van der Waals surface area contributed by atoms with Crippen LogP contribution in [0.25, 0.3) is 0 Å². The molecular weight excluding hydrogens is 336 g/mol. The SMILES string of the molecule is CC(C)=C(C)CC[C@@H](C)[C@H]1CC[C@H]2C3=CCC4CCCC[C@]4(C)[C@H]3CC[C@]12C. The van der Waals surface area contributed by atoms with Crippen molar-refractivity contribution < 1.29 is 0 Å². The monoisotopic (exact) mass is 382 g/mol. The maximum absolute atomic E-state index is 2.78. The van der Waals surface area contributed by atoms with Crippen molar-refractivity contribution in [3.05, 3.63) is 22.8 Å². The van der Waals surface area contributed by atoms with Crippen molar-refractivity contribution in [1.82, 2.24) is 0 Å². The summed E-state index contributed by atoms with van der Waals surface area (Å²) >= 11 is 0. The number of allylic oxidation sites excluding steroid dienone is 4. The van der Waals surface area contributed by atoms with Crippen LogP contribution in [0.5, 0.6) is 0 Å². The highest BCUT2D eigenvalue weighted by Gasteiger charge is 2.57. The summed E-state index contributed by atoms with van der Waals surface area (Å²) in [6, 6.07) is 0. The molecule has 7 atom stereocenters. The number of hydrogen-bond donors (Lipinski definition) is 0. The first-order chi connectivity index (χ1) is 13.3. The van der Waals surface area contributed by atoms with Crippen LogP contribution >= 0.6 is 0 Å². The summed E-state index contributed by atoms with van der Waals surface area (Å²) in [6.45, 7) is 14.9. The molecule has 0 saturated heterocycles. The van der Waals surface area contributed by atoms with Gasteiger partial charge in [0, 0.05) is 0 Å². The summed E-state index contributed by atoms with van der Waals surface area (Å²) in [5.41, 5.74) is 6.32. The highest BCUT2D eigenvalue weighted by Crippen LogP contribution is 2.66. The molecule has 0 aromatic heterocycles. The van der Waals surface area contributed by atoms with E-state index in [1.54, 1.807) is 5.57 Å². The summed E-state index contributed by atoms with van der Waals surface area (Å²) in [6.07, 6.45) is 18.8. The Balaban J connectivity index is 1.52. The van der Waals surface area contributed by atoms with Gasteiger partial charge in [-0.2, -0.15) is 0 Å². The topological polar surface area (TPSA) is 0 Å². The van der Waals surface area contributed by atoms with Crippen molar-refractivity contribution in [2.75, 3.05) is 0 Å². The second-order valence-electron chi connectivity index (χ2n) is 12.0. The highest BCUT2D eigenvalue weighted by atomic mass is 14.6. The van der Waals surface area contributed by atoms with Gasteiger partial charge in [-0.1, -0.05) is 56.4 Å². The Hall–Kier alpha value is -0.520. The Morgan fingerprint density at radius 1 is 0.964 bits per heavy atom. The smallest absolute Gasteiger partial charge is 0.0143 e. The lowest BCUT2D eigenvalue weighted by molar-refractivity contribution is -0.00781. The molecule has 0 heterocycles. The molecule has 0 heteroatoms.